The van der Waals surface area contributed by atoms with Crippen LogP contribution in [0.5, 0.6) is 0 Å². The Morgan fingerprint density at radius 1 is 0.481 bits per heavy atom. The summed E-state index contributed by atoms with van der Waals surface area (Å²) in [6.45, 7) is 11.6. The van der Waals surface area contributed by atoms with Gasteiger partial charge in [0.15, 0.2) is 0 Å². The third-order valence-electron chi connectivity index (χ3n) is 11.2. The Labute approximate surface area is 473 Å². The summed E-state index contributed by atoms with van der Waals surface area (Å²) in [4.78, 5) is 105. The molecule has 1 aliphatic heterocycles. The molecule has 1 heterocycles. The van der Waals surface area contributed by atoms with E-state index in [0.29, 0.717) is 91.9 Å². The van der Waals surface area contributed by atoms with Gasteiger partial charge < -0.3 is 44.1 Å². The van der Waals surface area contributed by atoms with Crippen LogP contribution in [0.2, 0.25) is 4.14 Å². The van der Waals surface area contributed by atoms with Gasteiger partial charge in [-0.3, -0.25) is 43.6 Å². The van der Waals surface area contributed by atoms with Gasteiger partial charge in [0.1, 0.15) is 6.04 Å². The second-order valence-corrected chi connectivity index (χ2v) is 21.9. The molecular weight excluding hydrogens is 1230 g/mol. The molecule has 0 bridgehead atoms. The second kappa shape index (κ2) is 46.6. The summed E-state index contributed by atoms with van der Waals surface area (Å²) in [7, 11) is 1.62. The Balaban J connectivity index is 2.39. The molecular formula is C50H91AuN7O21. The molecule has 7 N–H and O–H groups in total. The molecule has 1 aliphatic rings. The van der Waals surface area contributed by atoms with Gasteiger partial charge in [0, 0.05) is 65.9 Å². The Morgan fingerprint density at radius 2 is 0.873 bits per heavy atom. The molecule has 3 amide bonds. The number of nitrogens with one attached hydrogen (secondary N) is 3. The Bertz CT molecular complexity index is 1690. The number of unbranched alkanes of at least 4 members (excludes halogenated alkanes) is 1. The standard InChI is InChI=1S/C45H82N7O19.C5H9O2.Au/c1-64-23-24-68-29-30-70-33-34-71-32-31-69-28-25-65-20-8-41(55)46-9-4-2-3-5-39(53)47-10-21-66-26-27-67-22-11-48-40(54)7-6-38(45(62)63)52-18-16-50(36-43(58)59)14-12-49(35-42(56)57)13-15-51(17-19-52)37-44(60)61;1-5(2,3)7-4-6;/h5,38H,2-4,6-37H2,1H3,(H,46,55)(H,47,53)(H,48,54)(H,56,57)(H,58,59)(H,60,61)(H,62,63);1-3H3;. The van der Waals surface area contributed by atoms with Gasteiger partial charge in [-0.05, 0) is 6.42 Å². The molecule has 1 saturated heterocycles. The van der Waals surface area contributed by atoms with E-state index in [-0.39, 0.29) is 149 Å². The van der Waals surface area contributed by atoms with Crippen LogP contribution < -0.4 is 16.0 Å². The van der Waals surface area contributed by atoms with E-state index in [0.717, 1.165) is 0 Å². The fraction of sp³-hybridized carbons (Fsp3) is 0.840. The first-order chi connectivity index (χ1) is 37.8. The minimum absolute atomic E-state index is 0.0833. The summed E-state index contributed by atoms with van der Waals surface area (Å²) < 4.78 is 47.7. The van der Waals surface area contributed by atoms with Crippen LogP contribution in [0.15, 0.2) is 0 Å². The summed E-state index contributed by atoms with van der Waals surface area (Å²) in [5.74, 6) is -5.37. The maximum absolute atomic E-state index is 13.2. The van der Waals surface area contributed by atoms with Gasteiger partial charge >= 0.3 is 231 Å². The average molecular weight is 1320 g/mol. The zero-order valence-electron chi connectivity index (χ0n) is 46.7. The van der Waals surface area contributed by atoms with E-state index in [4.69, 9.17) is 42.6 Å². The van der Waals surface area contributed by atoms with Crippen LogP contribution in [0.25, 0.3) is 0 Å². The monoisotopic (exact) mass is 1320 g/mol. The minimum Gasteiger partial charge on any atom is -0.480 e. The quantitative estimate of drug-likeness (QED) is 0.0289. The van der Waals surface area contributed by atoms with Gasteiger partial charge in [0.05, 0.1) is 72.5 Å². The molecule has 0 radical (unpaired) electrons. The summed E-state index contributed by atoms with van der Waals surface area (Å²) in [6, 6.07) is -1.15. The first-order valence-electron chi connectivity index (χ1n) is 26.7. The molecule has 1 fully saturated rings. The average Bonchev–Trinajstić information content (AvgIpc) is 3.37. The van der Waals surface area contributed by atoms with Crippen LogP contribution in [-0.2, 0) is 95.9 Å². The third kappa shape index (κ3) is 43.4. The van der Waals surface area contributed by atoms with Crippen molar-refractivity contribution in [3.63, 3.8) is 0 Å². The molecule has 463 valence electrons. The van der Waals surface area contributed by atoms with Crippen molar-refractivity contribution in [3.8, 4) is 0 Å². The van der Waals surface area contributed by atoms with E-state index in [9.17, 15) is 58.8 Å². The Morgan fingerprint density at radius 3 is 1.30 bits per heavy atom. The third-order valence-corrected chi connectivity index (χ3v) is 13.9. The summed E-state index contributed by atoms with van der Waals surface area (Å²) in [5, 5.41) is 47.0. The number of hydrogen-bond donors (Lipinski definition) is 7. The molecule has 79 heavy (non-hydrogen) atoms. The SMILES string of the molecule is COCCOCCOCCOCCOCCOCCC(=O)NCCCC[CH]([Au][C](=O)OC(C)(C)C)C(=O)NCCOCCOCCNC(=O)CCC(C(=O)O)N1CCN(CC(=O)O)CCN(CC(=O)O)CCN(CC(=O)O)CC1. The Kier molecular flexibility index (Phi) is 43.1. The molecule has 0 aromatic rings. The van der Waals surface area contributed by atoms with Gasteiger partial charge in [-0.2, -0.15) is 0 Å². The van der Waals surface area contributed by atoms with E-state index in [1.807, 2.05) is 0 Å². The van der Waals surface area contributed by atoms with Crippen molar-refractivity contribution in [2.75, 3.05) is 198 Å². The van der Waals surface area contributed by atoms with E-state index >= 15 is 0 Å². The molecule has 2 unspecified atom stereocenters. The Hall–Kier alpha value is -3.98. The van der Waals surface area contributed by atoms with Crippen molar-refractivity contribution >= 4 is 45.8 Å². The number of rotatable bonds is 46. The van der Waals surface area contributed by atoms with Gasteiger partial charge in [0.25, 0.3) is 0 Å². The number of aliphatic carboxylic acids is 4. The fourth-order valence-corrected chi connectivity index (χ4v) is 9.91. The fourth-order valence-electron chi connectivity index (χ4n) is 7.24. The molecule has 29 heteroatoms. The van der Waals surface area contributed by atoms with E-state index in [2.05, 4.69) is 16.0 Å². The summed E-state index contributed by atoms with van der Waals surface area (Å²) in [6.07, 6.45) is 1.58. The number of ether oxygens (including phenoxy) is 9. The number of carboxylic acids is 4. The van der Waals surface area contributed by atoms with Gasteiger partial charge in [-0.15, -0.1) is 0 Å². The number of nitrogens with zero attached hydrogens (tertiary/aromatic N) is 4. The predicted molar refractivity (Wildman–Crippen MR) is 280 cm³/mol. The van der Waals surface area contributed by atoms with Crippen LogP contribution in [0.1, 0.15) is 59.3 Å². The van der Waals surface area contributed by atoms with Gasteiger partial charge in [0.2, 0.25) is 5.91 Å². The van der Waals surface area contributed by atoms with Crippen molar-refractivity contribution in [2.24, 2.45) is 0 Å². The minimum atomic E-state index is -1.20. The van der Waals surface area contributed by atoms with E-state index < -0.39 is 69.5 Å². The number of carboxylic acid groups (broad SMARTS) is 4. The van der Waals surface area contributed by atoms with Gasteiger partial charge in [-0.25, -0.2) is 0 Å². The predicted octanol–water partition coefficient (Wildman–Crippen LogP) is -0.827. The van der Waals surface area contributed by atoms with Crippen molar-refractivity contribution in [2.45, 2.75) is 75.1 Å². The number of amides is 3. The van der Waals surface area contributed by atoms with Crippen LogP contribution >= 0.6 is 0 Å². The molecule has 0 saturated carbocycles. The smallest absolute Gasteiger partial charge is 0.480 e. The van der Waals surface area contributed by atoms with Crippen molar-refractivity contribution < 1.29 is 121 Å². The first-order valence-corrected chi connectivity index (χ1v) is 29.0. The van der Waals surface area contributed by atoms with Crippen LogP contribution in [0, 0.1) is 0 Å². The van der Waals surface area contributed by atoms with E-state index in [1.165, 1.54) is 0 Å². The molecule has 1 rings (SSSR count). The number of methoxy groups -OCH3 is 1. The van der Waals surface area contributed by atoms with Crippen molar-refractivity contribution in [1.82, 2.24) is 35.6 Å². The number of carbonyl (C=O) groups excluding carboxylic acids is 4. The first kappa shape index (κ1) is 73.0. The van der Waals surface area contributed by atoms with Crippen LogP contribution in [0.3, 0.4) is 0 Å². The molecule has 2 atom stereocenters. The maximum atomic E-state index is 13.2. The molecule has 0 aromatic heterocycles. The molecule has 0 aromatic carbocycles. The molecule has 0 aliphatic carbocycles. The van der Waals surface area contributed by atoms with Crippen molar-refractivity contribution in [1.29, 1.82) is 0 Å². The second-order valence-electron chi connectivity index (χ2n) is 18.9. The van der Waals surface area contributed by atoms with E-state index in [1.54, 1.807) is 47.5 Å². The normalized spacial score (nSPS) is 15.3. The molecule has 28 nitrogen and oxygen atoms in total. The van der Waals surface area contributed by atoms with Crippen LogP contribution in [0.4, 0.5) is 4.79 Å². The molecule has 0 spiro atoms. The number of carbonyl (C=O) groups is 8. The van der Waals surface area contributed by atoms with Crippen molar-refractivity contribution in [3.05, 3.63) is 0 Å². The zero-order chi connectivity index (χ0) is 58.5. The topological polar surface area (TPSA) is 350 Å². The van der Waals surface area contributed by atoms with Gasteiger partial charge in [-0.1, -0.05) is 0 Å². The summed E-state index contributed by atoms with van der Waals surface area (Å²) >= 11 is -1.18. The zero-order valence-corrected chi connectivity index (χ0v) is 48.9. The summed E-state index contributed by atoms with van der Waals surface area (Å²) in [5.41, 5.74) is -0.700. The number of hydrogen-bond acceptors (Lipinski definition) is 21. The van der Waals surface area contributed by atoms with Crippen LogP contribution in [-0.4, -0.2) is 295 Å².